The number of aromatic nitrogens is 3. The molecule has 1 fully saturated rings. The van der Waals surface area contributed by atoms with Crippen molar-refractivity contribution in [3.8, 4) is 0 Å². The highest BCUT2D eigenvalue weighted by Gasteiger charge is 2.37. The van der Waals surface area contributed by atoms with Gasteiger partial charge in [-0.25, -0.2) is 4.98 Å². The minimum absolute atomic E-state index is 0.433. The molecule has 0 aliphatic heterocycles. The first-order valence-electron chi connectivity index (χ1n) is 8.11. The Morgan fingerprint density at radius 2 is 2.25 bits per heavy atom. The third-order valence-electron chi connectivity index (χ3n) is 4.94. The van der Waals surface area contributed by atoms with E-state index in [0.29, 0.717) is 11.5 Å². The Morgan fingerprint density at radius 3 is 2.85 bits per heavy atom. The molecule has 1 aromatic heterocycles. The van der Waals surface area contributed by atoms with Crippen LogP contribution in [0.1, 0.15) is 58.7 Å². The molecule has 2 unspecified atom stereocenters. The molecule has 0 radical (unpaired) electrons. The lowest BCUT2D eigenvalue weighted by Crippen LogP contribution is -2.46. The Kier molecular flexibility index (Phi) is 5.19. The summed E-state index contributed by atoms with van der Waals surface area (Å²) in [7, 11) is 1.99. The maximum Gasteiger partial charge on any atom is 0.138 e. The van der Waals surface area contributed by atoms with E-state index in [2.05, 4.69) is 36.2 Å². The second-order valence-electron chi connectivity index (χ2n) is 6.91. The van der Waals surface area contributed by atoms with Gasteiger partial charge >= 0.3 is 0 Å². The second-order valence-corrected chi connectivity index (χ2v) is 6.91. The fourth-order valence-corrected chi connectivity index (χ4v) is 3.65. The SMILES string of the molecule is CCCNC(Cc1ncnn1C)C1CCCCC1(C)C. The van der Waals surface area contributed by atoms with E-state index in [9.17, 15) is 0 Å². The summed E-state index contributed by atoms with van der Waals surface area (Å²) >= 11 is 0. The van der Waals surface area contributed by atoms with Crippen LogP contribution in [0.2, 0.25) is 0 Å². The highest BCUT2D eigenvalue weighted by molar-refractivity contribution is 4.97. The molecule has 114 valence electrons. The quantitative estimate of drug-likeness (QED) is 0.870. The van der Waals surface area contributed by atoms with Gasteiger partial charge in [0.25, 0.3) is 0 Å². The zero-order valence-corrected chi connectivity index (χ0v) is 13.5. The monoisotopic (exact) mass is 278 g/mol. The highest BCUT2D eigenvalue weighted by atomic mass is 15.3. The van der Waals surface area contributed by atoms with E-state index in [1.54, 1.807) is 6.33 Å². The Hall–Kier alpha value is -0.900. The van der Waals surface area contributed by atoms with Gasteiger partial charge in [-0.2, -0.15) is 5.10 Å². The molecule has 1 aromatic rings. The van der Waals surface area contributed by atoms with E-state index in [4.69, 9.17) is 0 Å². The minimum Gasteiger partial charge on any atom is -0.313 e. The summed E-state index contributed by atoms with van der Waals surface area (Å²) in [6.07, 6.45) is 9.28. The molecule has 4 nitrogen and oxygen atoms in total. The molecule has 0 bridgehead atoms. The third kappa shape index (κ3) is 3.60. The lowest BCUT2D eigenvalue weighted by molar-refractivity contribution is 0.0970. The lowest BCUT2D eigenvalue weighted by Gasteiger charge is -2.43. The van der Waals surface area contributed by atoms with Crippen molar-refractivity contribution in [1.82, 2.24) is 20.1 Å². The molecule has 1 aliphatic carbocycles. The van der Waals surface area contributed by atoms with Crippen LogP contribution in [-0.4, -0.2) is 27.4 Å². The van der Waals surface area contributed by atoms with E-state index < -0.39 is 0 Å². The average molecular weight is 278 g/mol. The third-order valence-corrected chi connectivity index (χ3v) is 4.94. The van der Waals surface area contributed by atoms with Crippen LogP contribution in [0.25, 0.3) is 0 Å². The standard InChI is InChI=1S/C16H30N4/c1-5-10-17-14(11-15-18-12-19-20(15)4)13-8-6-7-9-16(13,2)3/h12-14,17H,5-11H2,1-4H3. The fraction of sp³-hybridized carbons (Fsp3) is 0.875. The van der Waals surface area contributed by atoms with E-state index >= 15 is 0 Å². The van der Waals surface area contributed by atoms with Crippen molar-refractivity contribution in [2.75, 3.05) is 6.54 Å². The Balaban J connectivity index is 2.11. The van der Waals surface area contributed by atoms with Gasteiger partial charge in [0.15, 0.2) is 0 Å². The zero-order chi connectivity index (χ0) is 14.6. The summed E-state index contributed by atoms with van der Waals surface area (Å²) in [4.78, 5) is 4.42. The summed E-state index contributed by atoms with van der Waals surface area (Å²) in [5, 5.41) is 7.99. The lowest BCUT2D eigenvalue weighted by atomic mass is 9.65. The molecule has 0 saturated heterocycles. The van der Waals surface area contributed by atoms with E-state index in [0.717, 1.165) is 24.7 Å². The summed E-state index contributed by atoms with van der Waals surface area (Å²) in [6.45, 7) is 8.20. The molecule has 0 amide bonds. The van der Waals surface area contributed by atoms with Gasteiger partial charge in [-0.05, 0) is 37.1 Å². The summed E-state index contributed by atoms with van der Waals surface area (Å²) < 4.78 is 1.91. The fourth-order valence-electron chi connectivity index (χ4n) is 3.65. The molecule has 0 aromatic carbocycles. The largest absolute Gasteiger partial charge is 0.313 e. The number of nitrogens with one attached hydrogen (secondary N) is 1. The van der Waals surface area contributed by atoms with Gasteiger partial charge in [-0.3, -0.25) is 4.68 Å². The minimum atomic E-state index is 0.433. The van der Waals surface area contributed by atoms with E-state index in [1.807, 2.05) is 11.7 Å². The van der Waals surface area contributed by atoms with Gasteiger partial charge in [0.1, 0.15) is 12.2 Å². The summed E-state index contributed by atoms with van der Waals surface area (Å²) in [5.41, 5.74) is 0.433. The predicted octanol–water partition coefficient (Wildman–Crippen LogP) is 2.94. The first kappa shape index (κ1) is 15.5. The van der Waals surface area contributed by atoms with Gasteiger partial charge < -0.3 is 5.32 Å². The zero-order valence-electron chi connectivity index (χ0n) is 13.5. The van der Waals surface area contributed by atoms with Crippen LogP contribution in [0.4, 0.5) is 0 Å². The molecule has 2 atom stereocenters. The van der Waals surface area contributed by atoms with Crippen LogP contribution in [0.5, 0.6) is 0 Å². The molecule has 0 spiro atoms. The first-order chi connectivity index (χ1) is 9.54. The van der Waals surface area contributed by atoms with Crippen molar-refractivity contribution in [3.05, 3.63) is 12.2 Å². The molecule has 2 rings (SSSR count). The van der Waals surface area contributed by atoms with Gasteiger partial charge in [-0.1, -0.05) is 33.6 Å². The first-order valence-corrected chi connectivity index (χ1v) is 8.11. The highest BCUT2D eigenvalue weighted by Crippen LogP contribution is 2.42. The van der Waals surface area contributed by atoms with Crippen molar-refractivity contribution < 1.29 is 0 Å². The molecular weight excluding hydrogens is 248 g/mol. The number of nitrogens with zero attached hydrogens (tertiary/aromatic N) is 3. The second kappa shape index (κ2) is 6.70. The molecule has 1 N–H and O–H groups in total. The summed E-state index contributed by atoms with van der Waals surface area (Å²) in [6, 6.07) is 0.521. The van der Waals surface area contributed by atoms with Crippen LogP contribution < -0.4 is 5.32 Å². The number of hydrogen-bond acceptors (Lipinski definition) is 3. The Morgan fingerprint density at radius 1 is 1.45 bits per heavy atom. The van der Waals surface area contributed by atoms with Crippen LogP contribution in [0.15, 0.2) is 6.33 Å². The van der Waals surface area contributed by atoms with Crippen LogP contribution in [-0.2, 0) is 13.5 Å². The van der Waals surface area contributed by atoms with Crippen molar-refractivity contribution in [3.63, 3.8) is 0 Å². The molecule has 4 heteroatoms. The predicted molar refractivity (Wildman–Crippen MR) is 82.5 cm³/mol. The molecule has 1 saturated carbocycles. The molecule has 1 aliphatic rings. The van der Waals surface area contributed by atoms with Gasteiger partial charge in [0.05, 0.1) is 0 Å². The molecule has 1 heterocycles. The normalized spacial score (nSPS) is 23.7. The van der Waals surface area contributed by atoms with Gasteiger partial charge in [-0.15, -0.1) is 0 Å². The smallest absolute Gasteiger partial charge is 0.138 e. The van der Waals surface area contributed by atoms with E-state index in [1.165, 1.54) is 32.1 Å². The number of aryl methyl sites for hydroxylation is 1. The van der Waals surface area contributed by atoms with Crippen molar-refractivity contribution in [2.24, 2.45) is 18.4 Å². The van der Waals surface area contributed by atoms with E-state index in [-0.39, 0.29) is 0 Å². The summed E-state index contributed by atoms with van der Waals surface area (Å²) in [5.74, 6) is 1.83. The van der Waals surface area contributed by atoms with Crippen LogP contribution in [0.3, 0.4) is 0 Å². The van der Waals surface area contributed by atoms with Crippen LogP contribution in [0, 0.1) is 11.3 Å². The van der Waals surface area contributed by atoms with Gasteiger partial charge in [0, 0.05) is 19.5 Å². The van der Waals surface area contributed by atoms with Gasteiger partial charge in [0.2, 0.25) is 0 Å². The van der Waals surface area contributed by atoms with Crippen molar-refractivity contribution in [2.45, 2.75) is 65.3 Å². The Labute approximate surface area is 123 Å². The number of rotatable bonds is 6. The maximum absolute atomic E-state index is 4.42. The van der Waals surface area contributed by atoms with Crippen LogP contribution >= 0.6 is 0 Å². The topological polar surface area (TPSA) is 42.7 Å². The number of hydrogen-bond donors (Lipinski definition) is 1. The Bertz CT molecular complexity index is 410. The average Bonchev–Trinajstić information content (AvgIpc) is 2.80. The maximum atomic E-state index is 4.42. The molecule has 20 heavy (non-hydrogen) atoms. The molecular formula is C16H30N4. The van der Waals surface area contributed by atoms with Crippen molar-refractivity contribution in [1.29, 1.82) is 0 Å². The van der Waals surface area contributed by atoms with Crippen molar-refractivity contribution >= 4 is 0 Å².